The number of halogens is 2. The molecule has 4 nitrogen and oxygen atoms in total. The van der Waals surface area contributed by atoms with E-state index < -0.39 is 49.0 Å². The Balaban J connectivity index is 2.24. The second-order valence-electron chi connectivity index (χ2n) is 7.29. The number of carbonyl (C=O) groups excluding carboxylic acids is 1. The Morgan fingerprint density at radius 2 is 1.52 bits per heavy atom. The number of nitriles is 1. The number of amides is 1. The Kier molecular flexibility index (Phi) is 4.69. The fourth-order valence-corrected chi connectivity index (χ4v) is 3.96. The molecule has 0 saturated carbocycles. The van der Waals surface area contributed by atoms with E-state index in [0.717, 1.165) is 18.2 Å². The van der Waals surface area contributed by atoms with Crippen LogP contribution in [-0.2, 0) is 4.74 Å². The highest BCUT2D eigenvalue weighted by Gasteiger charge is 2.84. The molecule has 2 aliphatic heterocycles. The maximum Gasteiger partial charge on any atom is 0.252 e. The summed E-state index contributed by atoms with van der Waals surface area (Å²) in [6.07, 6.45) is 0. The van der Waals surface area contributed by atoms with Gasteiger partial charge >= 0.3 is 0 Å². The lowest BCUT2D eigenvalue weighted by atomic mass is 9.14. The van der Waals surface area contributed by atoms with Gasteiger partial charge in [0.1, 0.15) is 19.2 Å². The molecule has 122 valence electrons. The molecule has 1 aromatic rings. The van der Waals surface area contributed by atoms with Gasteiger partial charge in [-0.05, 0) is 28.9 Å². The quantitative estimate of drug-likeness (QED) is 0.416. The monoisotopic (exact) mass is 384 g/mol. The van der Waals surface area contributed by atoms with Crippen molar-refractivity contribution < 1.29 is 13.9 Å². The summed E-state index contributed by atoms with van der Waals surface area (Å²) in [5.74, 6) is -1.89. The summed E-state index contributed by atoms with van der Waals surface area (Å²) in [7, 11) is 54.7. The largest absolute Gasteiger partial charge is 0.363 e. The van der Waals surface area contributed by atoms with E-state index >= 15 is 0 Å². The van der Waals surface area contributed by atoms with Gasteiger partial charge in [0.25, 0.3) is 5.91 Å². The molecule has 2 aliphatic rings. The van der Waals surface area contributed by atoms with Crippen molar-refractivity contribution in [2.24, 2.45) is 0 Å². The van der Waals surface area contributed by atoms with Crippen LogP contribution in [0.4, 0.5) is 4.39 Å². The van der Waals surface area contributed by atoms with Gasteiger partial charge in [0.2, 0.25) is 0 Å². The van der Waals surface area contributed by atoms with Crippen LogP contribution >= 0.6 is 11.6 Å². The van der Waals surface area contributed by atoms with Crippen LogP contribution in [0, 0.1) is 17.1 Å². The first-order valence-electron chi connectivity index (χ1n) is 7.97. The Bertz CT molecular complexity index is 939. The minimum absolute atomic E-state index is 0.240. The van der Waals surface area contributed by atoms with Crippen LogP contribution in [0.3, 0.4) is 0 Å². The van der Waals surface area contributed by atoms with Gasteiger partial charge in [0, 0.05) is 5.56 Å². The first-order chi connectivity index (χ1) is 13.0. The lowest BCUT2D eigenvalue weighted by Crippen LogP contribution is -2.83. The predicted octanol–water partition coefficient (Wildman–Crippen LogP) is -2.02. The van der Waals surface area contributed by atoms with E-state index in [9.17, 15) is 14.4 Å². The molecule has 0 N–H and O–H groups in total. The van der Waals surface area contributed by atoms with Gasteiger partial charge in [-0.15, -0.1) is 0 Å². The lowest BCUT2D eigenvalue weighted by molar-refractivity contribution is 0.0288. The van der Waals surface area contributed by atoms with Gasteiger partial charge in [-0.1, -0.05) is 22.0 Å². The number of epoxide rings is 1. The van der Waals surface area contributed by atoms with Crippen LogP contribution in [0.1, 0.15) is 10.4 Å². The summed E-state index contributed by atoms with van der Waals surface area (Å²) in [5, 5.41) is -1.33. The van der Waals surface area contributed by atoms with Crippen LogP contribution in [0.5, 0.6) is 0 Å². The van der Waals surface area contributed by atoms with Crippen LogP contribution in [-0.4, -0.2) is 103 Å². The molecule has 0 bridgehead atoms. The second-order valence-corrected chi connectivity index (χ2v) is 7.70. The molecule has 29 heavy (non-hydrogen) atoms. The molecule has 0 aromatic heterocycles. The summed E-state index contributed by atoms with van der Waals surface area (Å²) in [6, 6.07) is 4.53. The standard InChI is InChI=1S/C14H3B9ClFN2O2/c15-9(4-26)10(29-9)11(16,17)13(20,21)27(14(22,23)12(10,18)19)8(28)5-1-2-7(25)6(24)3-5/h1-3H. The Hall–Kier alpha value is -1.06. The van der Waals surface area contributed by atoms with Gasteiger partial charge in [0.15, 0.2) is 0 Å². The van der Waals surface area contributed by atoms with Gasteiger partial charge in [-0.2, -0.15) is 5.26 Å². The number of nitrogens with zero attached hydrogens (tertiary/aromatic N) is 2. The van der Waals surface area contributed by atoms with Gasteiger partial charge in [-0.3, -0.25) is 4.79 Å². The fraction of sp³-hybridized carbons (Fsp3) is 0.429. The van der Waals surface area contributed by atoms with Crippen molar-refractivity contribution in [3.8, 4) is 6.07 Å². The summed E-state index contributed by atoms with van der Waals surface area (Å²) >= 11 is 5.72. The number of piperidine rings is 1. The zero-order valence-corrected chi connectivity index (χ0v) is 15.7. The van der Waals surface area contributed by atoms with Gasteiger partial charge in [-0.25, -0.2) is 4.39 Å². The Morgan fingerprint density at radius 3 is 1.90 bits per heavy atom. The summed E-state index contributed by atoms with van der Waals surface area (Å²) in [4.78, 5) is 13.6. The van der Waals surface area contributed by atoms with E-state index in [1.807, 2.05) is 0 Å². The normalized spacial score (nSPS) is 29.6. The highest BCUT2D eigenvalue weighted by molar-refractivity contribution is 6.63. The lowest BCUT2D eigenvalue weighted by Gasteiger charge is -2.73. The molecule has 1 unspecified atom stereocenters. The molecule has 1 atom stereocenters. The number of ether oxygens (including phenoxy) is 1. The number of benzene rings is 1. The topological polar surface area (TPSA) is 56.6 Å². The summed E-state index contributed by atoms with van der Waals surface area (Å²) < 4.78 is 18.7. The van der Waals surface area contributed by atoms with Crippen LogP contribution in [0.25, 0.3) is 0 Å². The minimum atomic E-state index is -2.62. The predicted molar refractivity (Wildman–Crippen MR) is 112 cm³/mol. The summed E-state index contributed by atoms with van der Waals surface area (Å²) in [6.45, 7) is 0. The number of hydrogen-bond acceptors (Lipinski definition) is 3. The number of hydrogen-bond donors (Lipinski definition) is 0. The maximum absolute atomic E-state index is 13.5. The zero-order valence-electron chi connectivity index (χ0n) is 14.9. The molecule has 1 amide bonds. The third-order valence-corrected chi connectivity index (χ3v) is 5.85. The third-order valence-electron chi connectivity index (χ3n) is 5.56. The van der Waals surface area contributed by atoms with E-state index in [-0.39, 0.29) is 5.56 Å². The molecule has 3 rings (SSSR count). The number of rotatable bonds is 1. The van der Waals surface area contributed by atoms with Gasteiger partial charge in [0.05, 0.1) is 79.5 Å². The van der Waals surface area contributed by atoms with E-state index in [0.29, 0.717) is 4.90 Å². The van der Waals surface area contributed by atoms with Crippen LogP contribution in [0.2, 0.25) is 15.5 Å². The maximum atomic E-state index is 13.5. The van der Waals surface area contributed by atoms with E-state index in [4.69, 9.17) is 87.0 Å². The molecule has 2 saturated heterocycles. The minimum Gasteiger partial charge on any atom is -0.363 e. The average molecular weight is 383 g/mol. The molecule has 0 aliphatic carbocycles. The van der Waals surface area contributed by atoms with E-state index in [2.05, 4.69) is 0 Å². The molecule has 1 spiro atoms. The van der Waals surface area contributed by atoms with E-state index in [1.165, 1.54) is 0 Å². The smallest absolute Gasteiger partial charge is 0.252 e. The molecule has 2 fully saturated rings. The number of likely N-dealkylation sites (tertiary alicyclic amines) is 1. The van der Waals surface area contributed by atoms with Crippen LogP contribution in [0.15, 0.2) is 18.2 Å². The highest BCUT2D eigenvalue weighted by atomic mass is 35.5. The molecule has 15 heteroatoms. The van der Waals surface area contributed by atoms with Crippen molar-refractivity contribution in [2.45, 2.75) is 32.2 Å². The highest BCUT2D eigenvalue weighted by Crippen LogP contribution is 2.75. The molecule has 2 heterocycles. The molecule has 1 aromatic carbocycles. The van der Waals surface area contributed by atoms with Crippen molar-refractivity contribution >= 4 is 88.1 Å². The zero-order chi connectivity index (χ0) is 22.4. The Labute approximate surface area is 185 Å². The van der Waals surface area contributed by atoms with Crippen molar-refractivity contribution in [1.82, 2.24) is 4.90 Å². The van der Waals surface area contributed by atoms with Crippen LogP contribution < -0.4 is 0 Å². The van der Waals surface area contributed by atoms with Crippen molar-refractivity contribution in [1.29, 1.82) is 5.26 Å². The average Bonchev–Trinajstić information content (AvgIpc) is 3.25. The number of carbonyl (C=O) groups is 1. The van der Waals surface area contributed by atoms with Gasteiger partial charge < -0.3 is 9.64 Å². The molecular weight excluding hydrogens is 380 g/mol. The first kappa shape index (κ1) is 22.6. The molecule has 18 radical (unpaired) electrons. The van der Waals surface area contributed by atoms with E-state index in [1.54, 1.807) is 6.07 Å². The Morgan fingerprint density at radius 1 is 1.03 bits per heavy atom. The van der Waals surface area contributed by atoms with Crippen molar-refractivity contribution in [3.63, 3.8) is 0 Å². The first-order valence-corrected chi connectivity index (χ1v) is 8.35. The fourth-order valence-electron chi connectivity index (χ4n) is 3.78. The SMILES string of the molecule is [B]C1(C#N)OC12C([B])([B])C([B])([B])N(C(=O)c1ccc(F)c(Cl)c1)C([B])([B])C2([B])[B]. The molecular formula is C14H3B9ClFN2O2. The summed E-state index contributed by atoms with van der Waals surface area (Å²) in [5.41, 5.74) is -4.86. The third kappa shape index (κ3) is 2.38. The van der Waals surface area contributed by atoms with Crippen molar-refractivity contribution in [3.05, 3.63) is 34.6 Å². The second kappa shape index (κ2) is 6.01. The van der Waals surface area contributed by atoms with Crippen molar-refractivity contribution in [2.75, 3.05) is 0 Å².